The van der Waals surface area contributed by atoms with E-state index in [2.05, 4.69) is 27.9 Å². The van der Waals surface area contributed by atoms with E-state index in [9.17, 15) is 0 Å². The molecule has 2 heteroatoms. The summed E-state index contributed by atoms with van der Waals surface area (Å²) >= 11 is 0. The second kappa shape index (κ2) is 5.56. The van der Waals surface area contributed by atoms with Crippen molar-refractivity contribution in [3.05, 3.63) is 0 Å². The monoisotopic (exact) mass is 160 g/mol. The van der Waals surface area contributed by atoms with Crippen molar-refractivity contribution in [3.63, 3.8) is 0 Å². The van der Waals surface area contributed by atoms with Gasteiger partial charge in [0.1, 0.15) is 13.2 Å². The van der Waals surface area contributed by atoms with Gasteiger partial charge in [0.2, 0.25) is 0 Å². The summed E-state index contributed by atoms with van der Waals surface area (Å²) in [7, 11) is 4.18. The minimum Gasteiger partial charge on any atom is -0.203 e. The minimum atomic E-state index is 0.684. The van der Waals surface area contributed by atoms with Crippen LogP contribution in [0.25, 0.3) is 0 Å². The molecular formula is C9H22NO+. The molecule has 0 radical (unpaired) electrons. The third-order valence-corrected chi connectivity index (χ3v) is 1.95. The molecule has 0 bridgehead atoms. The number of unbranched alkanes of at least 4 members (excludes halogenated alkanes) is 2. The summed E-state index contributed by atoms with van der Waals surface area (Å²) in [4.78, 5) is 5.62. The van der Waals surface area contributed by atoms with Gasteiger partial charge in [-0.05, 0) is 13.3 Å². The number of hydrogen-bond donors (Lipinski definition) is 0. The Bertz CT molecular complexity index is 91.6. The van der Waals surface area contributed by atoms with Crippen LogP contribution in [0.2, 0.25) is 0 Å². The molecule has 0 amide bonds. The molecule has 0 aromatic rings. The van der Waals surface area contributed by atoms with E-state index in [1.165, 1.54) is 19.3 Å². The lowest BCUT2D eigenvalue weighted by molar-refractivity contribution is -1.08. The van der Waals surface area contributed by atoms with Gasteiger partial charge < -0.3 is 0 Å². The van der Waals surface area contributed by atoms with E-state index in [1.54, 1.807) is 0 Å². The fraction of sp³-hybridized carbons (Fsp3) is 1.00. The summed E-state index contributed by atoms with van der Waals surface area (Å²) in [5, 5.41) is 0. The first-order valence-electron chi connectivity index (χ1n) is 4.60. The van der Waals surface area contributed by atoms with Crippen molar-refractivity contribution in [1.82, 2.24) is 0 Å². The van der Waals surface area contributed by atoms with E-state index in [4.69, 9.17) is 4.84 Å². The quantitative estimate of drug-likeness (QED) is 0.329. The summed E-state index contributed by atoms with van der Waals surface area (Å²) in [5.74, 6) is 0. The molecule has 68 valence electrons. The molecule has 0 unspecified atom stereocenters. The van der Waals surface area contributed by atoms with Gasteiger partial charge in [-0.3, -0.25) is 0 Å². The van der Waals surface area contributed by atoms with Crippen molar-refractivity contribution >= 4 is 0 Å². The lowest BCUT2D eigenvalue weighted by atomic mass is 10.3. The minimum absolute atomic E-state index is 0.684. The third-order valence-electron chi connectivity index (χ3n) is 1.95. The maximum absolute atomic E-state index is 5.62. The normalized spacial score (nSPS) is 12.0. The second-order valence-corrected chi connectivity index (χ2v) is 3.43. The van der Waals surface area contributed by atoms with E-state index in [-0.39, 0.29) is 0 Å². The Hall–Kier alpha value is -0.0800. The standard InChI is InChI=1S/C9H22NO/c1-5-7-8-9-11-10(3,4)6-2/h5-9H2,1-4H3/q+1. The number of rotatable bonds is 6. The van der Waals surface area contributed by atoms with Crippen LogP contribution in [0.3, 0.4) is 0 Å². The molecule has 0 saturated heterocycles. The van der Waals surface area contributed by atoms with Gasteiger partial charge in [-0.15, -0.1) is 0 Å². The fourth-order valence-corrected chi connectivity index (χ4v) is 0.755. The van der Waals surface area contributed by atoms with Crippen LogP contribution >= 0.6 is 0 Å². The second-order valence-electron chi connectivity index (χ2n) is 3.43. The van der Waals surface area contributed by atoms with E-state index in [1.807, 2.05) is 0 Å². The van der Waals surface area contributed by atoms with Crippen molar-refractivity contribution in [3.8, 4) is 0 Å². The Morgan fingerprint density at radius 2 is 1.73 bits per heavy atom. The van der Waals surface area contributed by atoms with Crippen molar-refractivity contribution in [2.24, 2.45) is 0 Å². The molecule has 0 aromatic carbocycles. The molecule has 0 atom stereocenters. The average Bonchev–Trinajstić information content (AvgIpc) is 1.99. The highest BCUT2D eigenvalue weighted by Crippen LogP contribution is 2.01. The summed E-state index contributed by atoms with van der Waals surface area (Å²) in [6, 6.07) is 0. The highest BCUT2D eigenvalue weighted by atomic mass is 16.7. The molecule has 0 fully saturated rings. The molecule has 0 saturated carbocycles. The third kappa shape index (κ3) is 6.32. The molecule has 0 aliphatic heterocycles. The van der Waals surface area contributed by atoms with E-state index < -0.39 is 0 Å². The zero-order chi connectivity index (χ0) is 8.74. The molecule has 11 heavy (non-hydrogen) atoms. The Morgan fingerprint density at radius 3 is 2.18 bits per heavy atom. The smallest absolute Gasteiger partial charge is 0.106 e. The van der Waals surface area contributed by atoms with Crippen molar-refractivity contribution in [2.75, 3.05) is 27.2 Å². The van der Waals surface area contributed by atoms with Gasteiger partial charge in [-0.25, -0.2) is 4.84 Å². The van der Waals surface area contributed by atoms with E-state index in [0.717, 1.165) is 13.2 Å². The van der Waals surface area contributed by atoms with Gasteiger partial charge in [-0.1, -0.05) is 19.8 Å². The molecule has 0 aromatic heterocycles. The molecule has 0 rings (SSSR count). The topological polar surface area (TPSA) is 9.23 Å². The van der Waals surface area contributed by atoms with Gasteiger partial charge in [0.05, 0.1) is 14.1 Å². The van der Waals surface area contributed by atoms with Crippen molar-refractivity contribution in [2.45, 2.75) is 33.1 Å². The number of quaternary nitrogens is 1. The van der Waals surface area contributed by atoms with Crippen LogP contribution in [0.5, 0.6) is 0 Å². The summed E-state index contributed by atoms with van der Waals surface area (Å²) in [6.07, 6.45) is 3.74. The van der Waals surface area contributed by atoms with Crippen LogP contribution in [-0.2, 0) is 4.84 Å². The lowest BCUT2D eigenvalue weighted by Gasteiger charge is -2.24. The van der Waals surface area contributed by atoms with Crippen molar-refractivity contribution in [1.29, 1.82) is 0 Å². The molecule has 0 heterocycles. The molecule has 2 nitrogen and oxygen atoms in total. The largest absolute Gasteiger partial charge is 0.203 e. The van der Waals surface area contributed by atoms with Gasteiger partial charge in [0.25, 0.3) is 0 Å². The van der Waals surface area contributed by atoms with Crippen LogP contribution in [0.1, 0.15) is 33.1 Å². The first-order chi connectivity index (χ1) is 5.12. The number of hydrogen-bond acceptors (Lipinski definition) is 1. The zero-order valence-corrected chi connectivity index (χ0v) is 8.39. The van der Waals surface area contributed by atoms with Crippen LogP contribution in [0, 0.1) is 0 Å². The molecule has 0 aliphatic carbocycles. The zero-order valence-electron chi connectivity index (χ0n) is 8.39. The predicted octanol–water partition coefficient (Wildman–Crippen LogP) is 2.20. The number of hydroxylamine groups is 3. The summed E-state index contributed by atoms with van der Waals surface area (Å²) in [6.45, 7) is 6.28. The molecule has 0 spiro atoms. The summed E-state index contributed by atoms with van der Waals surface area (Å²) < 4.78 is 0.684. The van der Waals surface area contributed by atoms with Gasteiger partial charge >= 0.3 is 0 Å². The molecule has 0 N–H and O–H groups in total. The maximum atomic E-state index is 5.62. The first kappa shape index (κ1) is 10.9. The summed E-state index contributed by atoms with van der Waals surface area (Å²) in [5.41, 5.74) is 0. The Balaban J connectivity index is 3.23. The highest BCUT2D eigenvalue weighted by Gasteiger charge is 2.11. The van der Waals surface area contributed by atoms with Crippen LogP contribution in [-0.4, -0.2) is 31.9 Å². The lowest BCUT2D eigenvalue weighted by Crippen LogP contribution is -2.39. The molecular weight excluding hydrogens is 138 g/mol. The average molecular weight is 160 g/mol. The van der Waals surface area contributed by atoms with Gasteiger partial charge in [0.15, 0.2) is 0 Å². The van der Waals surface area contributed by atoms with Crippen LogP contribution < -0.4 is 0 Å². The van der Waals surface area contributed by atoms with E-state index in [0.29, 0.717) is 4.65 Å². The molecule has 0 aliphatic rings. The van der Waals surface area contributed by atoms with Crippen LogP contribution in [0.15, 0.2) is 0 Å². The van der Waals surface area contributed by atoms with Crippen molar-refractivity contribution < 1.29 is 9.48 Å². The highest BCUT2D eigenvalue weighted by molar-refractivity contribution is 4.32. The van der Waals surface area contributed by atoms with Gasteiger partial charge in [0, 0.05) is 0 Å². The Labute approximate surface area is 70.7 Å². The van der Waals surface area contributed by atoms with E-state index >= 15 is 0 Å². The Kier molecular flexibility index (Phi) is 5.51. The Morgan fingerprint density at radius 1 is 1.09 bits per heavy atom. The number of nitrogens with zero attached hydrogens (tertiary/aromatic N) is 1. The predicted molar refractivity (Wildman–Crippen MR) is 48.1 cm³/mol. The van der Waals surface area contributed by atoms with Gasteiger partial charge in [-0.2, -0.15) is 4.65 Å². The van der Waals surface area contributed by atoms with Crippen LogP contribution in [0.4, 0.5) is 0 Å². The maximum Gasteiger partial charge on any atom is 0.106 e. The first-order valence-corrected chi connectivity index (χ1v) is 4.60. The SMILES string of the molecule is CCCCCO[N+](C)(C)CC. The fourth-order valence-electron chi connectivity index (χ4n) is 0.755.